The van der Waals surface area contributed by atoms with Gasteiger partial charge in [-0.25, -0.2) is 18.4 Å². The highest BCUT2D eigenvalue weighted by Gasteiger charge is 2.05. The van der Waals surface area contributed by atoms with Gasteiger partial charge in [0.2, 0.25) is 0 Å². The highest BCUT2D eigenvalue weighted by Crippen LogP contribution is 2.19. The Morgan fingerprint density at radius 1 is 1.33 bits per heavy atom. The van der Waals surface area contributed by atoms with Gasteiger partial charge < -0.3 is 0 Å². The molecule has 0 spiro atoms. The van der Waals surface area contributed by atoms with E-state index in [0.717, 1.165) is 12.1 Å². The standard InChI is InChI=1S/C10H9F2N5S/c1-18-10(16-17-5-13-14-6-17)15-9-3-2-7(11)4-8(9)12/h2-6H,1H3,(H,15,16). The molecule has 0 amide bonds. The van der Waals surface area contributed by atoms with E-state index in [1.54, 1.807) is 6.26 Å². The number of hydrogen-bond acceptors (Lipinski definition) is 4. The number of nitrogens with zero attached hydrogens (tertiary/aromatic N) is 4. The molecule has 94 valence electrons. The average Bonchev–Trinajstić information content (AvgIpc) is 2.84. The summed E-state index contributed by atoms with van der Waals surface area (Å²) in [6.07, 6.45) is 4.65. The summed E-state index contributed by atoms with van der Waals surface area (Å²) in [5.74, 6) is -1.35. The SMILES string of the molecule is CSC(=Nc1ccc(F)cc1F)Nn1cnnc1. The van der Waals surface area contributed by atoms with Crippen molar-refractivity contribution in [2.24, 2.45) is 4.99 Å². The first-order valence-corrected chi connectivity index (χ1v) is 6.11. The molecule has 0 saturated heterocycles. The molecule has 2 rings (SSSR count). The van der Waals surface area contributed by atoms with E-state index >= 15 is 0 Å². The van der Waals surface area contributed by atoms with Crippen molar-refractivity contribution in [3.05, 3.63) is 42.5 Å². The predicted octanol–water partition coefficient (Wildman–Crippen LogP) is 2.15. The van der Waals surface area contributed by atoms with Gasteiger partial charge >= 0.3 is 0 Å². The predicted molar refractivity (Wildman–Crippen MR) is 66.4 cm³/mol. The fourth-order valence-electron chi connectivity index (χ4n) is 1.17. The Labute approximate surface area is 106 Å². The van der Waals surface area contributed by atoms with Crippen LogP contribution in [0.3, 0.4) is 0 Å². The lowest BCUT2D eigenvalue weighted by molar-refractivity contribution is 0.585. The van der Waals surface area contributed by atoms with E-state index in [-0.39, 0.29) is 5.69 Å². The zero-order valence-electron chi connectivity index (χ0n) is 9.34. The molecule has 0 aliphatic carbocycles. The summed E-state index contributed by atoms with van der Waals surface area (Å²) in [5.41, 5.74) is 2.90. The zero-order chi connectivity index (χ0) is 13.0. The number of thioether (sulfide) groups is 1. The van der Waals surface area contributed by atoms with Gasteiger partial charge in [0, 0.05) is 6.07 Å². The maximum absolute atomic E-state index is 13.4. The Kier molecular flexibility index (Phi) is 3.88. The lowest BCUT2D eigenvalue weighted by Crippen LogP contribution is -2.18. The van der Waals surface area contributed by atoms with Crippen LogP contribution >= 0.6 is 11.8 Å². The van der Waals surface area contributed by atoms with E-state index in [0.29, 0.717) is 5.17 Å². The molecule has 1 aromatic carbocycles. The van der Waals surface area contributed by atoms with E-state index < -0.39 is 11.6 Å². The Balaban J connectivity index is 2.23. The van der Waals surface area contributed by atoms with Crippen LogP contribution < -0.4 is 5.43 Å². The lowest BCUT2D eigenvalue weighted by Gasteiger charge is -2.07. The molecule has 5 nitrogen and oxygen atoms in total. The van der Waals surface area contributed by atoms with Gasteiger partial charge in [0.15, 0.2) is 11.0 Å². The van der Waals surface area contributed by atoms with E-state index in [9.17, 15) is 8.78 Å². The first-order valence-electron chi connectivity index (χ1n) is 4.88. The van der Waals surface area contributed by atoms with E-state index in [2.05, 4.69) is 20.6 Å². The first-order chi connectivity index (χ1) is 8.69. The van der Waals surface area contributed by atoms with Crippen molar-refractivity contribution in [3.63, 3.8) is 0 Å². The number of rotatable bonds is 2. The fraction of sp³-hybridized carbons (Fsp3) is 0.100. The maximum Gasteiger partial charge on any atom is 0.180 e. The minimum absolute atomic E-state index is 0.0568. The number of hydrogen-bond donors (Lipinski definition) is 1. The molecule has 8 heteroatoms. The number of amidine groups is 1. The van der Waals surface area contributed by atoms with Gasteiger partial charge in [0.1, 0.15) is 24.2 Å². The van der Waals surface area contributed by atoms with E-state index in [4.69, 9.17) is 0 Å². The molecule has 0 unspecified atom stereocenters. The van der Waals surface area contributed by atoms with Crippen molar-refractivity contribution in [3.8, 4) is 0 Å². The Hall–Kier alpha value is -1.96. The van der Waals surface area contributed by atoms with Crippen LogP contribution in [0, 0.1) is 11.6 Å². The molecule has 0 fully saturated rings. The summed E-state index contributed by atoms with van der Waals surface area (Å²) in [7, 11) is 0. The van der Waals surface area contributed by atoms with Crippen LogP contribution in [0.4, 0.5) is 14.5 Å². The summed E-state index contributed by atoms with van der Waals surface area (Å²) in [6, 6.07) is 3.21. The van der Waals surface area contributed by atoms with Crippen molar-refractivity contribution >= 4 is 22.6 Å². The van der Waals surface area contributed by atoms with Gasteiger partial charge in [-0.3, -0.25) is 5.43 Å². The van der Waals surface area contributed by atoms with Crippen LogP contribution in [0.15, 0.2) is 35.8 Å². The van der Waals surface area contributed by atoms with Gasteiger partial charge in [0.25, 0.3) is 0 Å². The largest absolute Gasteiger partial charge is 0.270 e. The molecule has 2 aromatic rings. The van der Waals surface area contributed by atoms with Crippen molar-refractivity contribution in [1.82, 2.24) is 14.9 Å². The second kappa shape index (κ2) is 5.58. The molecule has 18 heavy (non-hydrogen) atoms. The van der Waals surface area contributed by atoms with Crippen molar-refractivity contribution in [1.29, 1.82) is 0 Å². The quantitative estimate of drug-likeness (QED) is 0.670. The monoisotopic (exact) mass is 269 g/mol. The number of aliphatic imine (C=N–C) groups is 1. The van der Waals surface area contributed by atoms with E-state index in [1.165, 1.54) is 35.2 Å². The minimum atomic E-state index is -0.716. The van der Waals surface area contributed by atoms with Crippen LogP contribution in [-0.4, -0.2) is 26.3 Å². The van der Waals surface area contributed by atoms with Crippen LogP contribution in [0.2, 0.25) is 0 Å². The first kappa shape index (κ1) is 12.5. The number of halogens is 2. The molecule has 1 aromatic heterocycles. The number of aromatic nitrogens is 3. The summed E-state index contributed by atoms with van der Waals surface area (Å²) in [4.78, 5) is 4.04. The third kappa shape index (κ3) is 3.04. The minimum Gasteiger partial charge on any atom is -0.270 e. The topological polar surface area (TPSA) is 55.1 Å². The number of benzene rings is 1. The lowest BCUT2D eigenvalue weighted by atomic mass is 10.3. The Bertz CT molecular complexity index is 555. The van der Waals surface area contributed by atoms with Crippen molar-refractivity contribution in [2.75, 3.05) is 11.7 Å². The molecule has 0 aliphatic rings. The van der Waals surface area contributed by atoms with Gasteiger partial charge in [-0.2, -0.15) is 0 Å². The second-order valence-electron chi connectivity index (χ2n) is 3.20. The number of nitrogens with one attached hydrogen (secondary N) is 1. The van der Waals surface area contributed by atoms with Gasteiger partial charge in [-0.15, -0.1) is 10.2 Å². The third-order valence-electron chi connectivity index (χ3n) is 1.97. The summed E-state index contributed by atoms with van der Waals surface area (Å²) >= 11 is 1.28. The zero-order valence-corrected chi connectivity index (χ0v) is 10.2. The summed E-state index contributed by atoms with van der Waals surface area (Å²) in [5, 5.41) is 7.65. The second-order valence-corrected chi connectivity index (χ2v) is 3.99. The van der Waals surface area contributed by atoms with Crippen LogP contribution in [0.1, 0.15) is 0 Å². The molecule has 1 heterocycles. The highest BCUT2D eigenvalue weighted by molar-refractivity contribution is 8.13. The molecule has 1 N–H and O–H groups in total. The van der Waals surface area contributed by atoms with Crippen LogP contribution in [0.5, 0.6) is 0 Å². The summed E-state index contributed by atoms with van der Waals surface area (Å²) in [6.45, 7) is 0. The molecule has 0 atom stereocenters. The highest BCUT2D eigenvalue weighted by atomic mass is 32.2. The summed E-state index contributed by atoms with van der Waals surface area (Å²) < 4.78 is 27.6. The maximum atomic E-state index is 13.4. The van der Waals surface area contributed by atoms with E-state index in [1.807, 2.05) is 0 Å². The fourth-order valence-corrected chi connectivity index (χ4v) is 1.55. The molecular weight excluding hydrogens is 260 g/mol. The van der Waals surface area contributed by atoms with Gasteiger partial charge in [-0.05, 0) is 18.4 Å². The van der Waals surface area contributed by atoms with Crippen molar-refractivity contribution in [2.45, 2.75) is 0 Å². The molecule has 0 aliphatic heterocycles. The van der Waals surface area contributed by atoms with Gasteiger partial charge in [0.05, 0.1) is 0 Å². The van der Waals surface area contributed by atoms with Crippen molar-refractivity contribution < 1.29 is 8.78 Å². The average molecular weight is 269 g/mol. The smallest absolute Gasteiger partial charge is 0.180 e. The Morgan fingerprint density at radius 3 is 2.67 bits per heavy atom. The van der Waals surface area contributed by atoms with Crippen LogP contribution in [-0.2, 0) is 0 Å². The normalized spacial score (nSPS) is 11.6. The molecule has 0 radical (unpaired) electrons. The molecular formula is C10H9F2N5S. The molecule has 0 bridgehead atoms. The Morgan fingerprint density at radius 2 is 2.06 bits per heavy atom. The molecule has 0 saturated carbocycles. The van der Waals surface area contributed by atoms with Gasteiger partial charge in [-0.1, -0.05) is 11.8 Å². The third-order valence-corrected chi connectivity index (χ3v) is 2.54. The van der Waals surface area contributed by atoms with Crippen LogP contribution in [0.25, 0.3) is 0 Å².